The molecular formula is C15H17NO2. The molecule has 1 heterocycles. The van der Waals surface area contributed by atoms with E-state index < -0.39 is 0 Å². The first-order valence-corrected chi connectivity index (χ1v) is 6.56. The predicted molar refractivity (Wildman–Crippen MR) is 68.9 cm³/mol. The lowest BCUT2D eigenvalue weighted by Gasteiger charge is -2.26. The van der Waals surface area contributed by atoms with Crippen molar-refractivity contribution in [2.24, 2.45) is 0 Å². The van der Waals surface area contributed by atoms with Crippen molar-refractivity contribution in [3.8, 4) is 0 Å². The predicted octanol–water partition coefficient (Wildman–Crippen LogP) is 3.64. The molecule has 0 N–H and O–H groups in total. The molecule has 0 bridgehead atoms. The minimum Gasteiger partial charge on any atom is -0.447 e. The molecule has 0 saturated carbocycles. The third-order valence-electron chi connectivity index (χ3n) is 3.63. The van der Waals surface area contributed by atoms with Crippen LogP contribution in [0.4, 0.5) is 4.79 Å². The van der Waals surface area contributed by atoms with Crippen LogP contribution in [0.3, 0.4) is 0 Å². The number of benzene rings is 1. The second-order valence-electron chi connectivity index (χ2n) is 4.81. The minimum atomic E-state index is -0.197. The Hall–Kier alpha value is -1.77. The van der Waals surface area contributed by atoms with Crippen molar-refractivity contribution in [2.75, 3.05) is 6.61 Å². The van der Waals surface area contributed by atoms with Gasteiger partial charge in [0.15, 0.2) is 0 Å². The first kappa shape index (κ1) is 11.3. The monoisotopic (exact) mass is 243 g/mol. The molecule has 2 aliphatic rings. The van der Waals surface area contributed by atoms with E-state index in [1.807, 2.05) is 23.1 Å². The highest BCUT2D eigenvalue weighted by Crippen LogP contribution is 2.34. The molecule has 94 valence electrons. The van der Waals surface area contributed by atoms with Crippen LogP contribution in [0.1, 0.15) is 37.3 Å². The fraction of sp³-hybridized carbons (Fsp3) is 0.400. The molecule has 3 rings (SSSR count). The first-order chi connectivity index (χ1) is 8.86. The molecule has 1 saturated heterocycles. The highest BCUT2D eigenvalue weighted by Gasteiger charge is 2.36. The number of allylic oxidation sites excluding steroid dienone is 2. The van der Waals surface area contributed by atoms with Crippen LogP contribution < -0.4 is 0 Å². The summed E-state index contributed by atoms with van der Waals surface area (Å²) in [6.45, 7) is 0.459. The zero-order chi connectivity index (χ0) is 12.4. The van der Waals surface area contributed by atoms with Gasteiger partial charge in [0.25, 0.3) is 0 Å². The quantitative estimate of drug-likeness (QED) is 0.793. The lowest BCUT2D eigenvalue weighted by molar-refractivity contribution is 0.163. The van der Waals surface area contributed by atoms with Gasteiger partial charge in [-0.05, 0) is 31.2 Å². The summed E-state index contributed by atoms with van der Waals surface area (Å²) in [5.41, 5.74) is 2.28. The van der Waals surface area contributed by atoms with E-state index in [0.29, 0.717) is 6.61 Å². The van der Waals surface area contributed by atoms with Crippen molar-refractivity contribution < 1.29 is 9.53 Å². The number of carbonyl (C=O) groups is 1. The number of amides is 1. The Balaban J connectivity index is 1.90. The fourth-order valence-electron chi connectivity index (χ4n) is 2.70. The third kappa shape index (κ3) is 2.01. The maximum Gasteiger partial charge on any atom is 0.414 e. The van der Waals surface area contributed by atoms with Crippen LogP contribution in [0, 0.1) is 0 Å². The van der Waals surface area contributed by atoms with Gasteiger partial charge in [-0.15, -0.1) is 0 Å². The Morgan fingerprint density at radius 1 is 1.17 bits per heavy atom. The van der Waals surface area contributed by atoms with Crippen LogP contribution in [-0.4, -0.2) is 17.6 Å². The second-order valence-corrected chi connectivity index (χ2v) is 4.81. The van der Waals surface area contributed by atoms with E-state index in [9.17, 15) is 4.79 Å². The number of nitrogens with zero attached hydrogens (tertiary/aromatic N) is 1. The first-order valence-electron chi connectivity index (χ1n) is 6.56. The Labute approximate surface area is 107 Å². The number of carbonyl (C=O) groups excluding carboxylic acids is 1. The van der Waals surface area contributed by atoms with Crippen molar-refractivity contribution >= 4 is 6.09 Å². The summed E-state index contributed by atoms with van der Waals surface area (Å²) in [6, 6.07) is 10.2. The highest BCUT2D eigenvalue weighted by atomic mass is 16.6. The molecule has 1 aliphatic heterocycles. The van der Waals surface area contributed by atoms with E-state index in [1.54, 1.807) is 0 Å². The number of rotatable bonds is 2. The van der Waals surface area contributed by atoms with E-state index >= 15 is 0 Å². The molecule has 1 amide bonds. The zero-order valence-electron chi connectivity index (χ0n) is 10.3. The van der Waals surface area contributed by atoms with Crippen LogP contribution in [-0.2, 0) is 4.74 Å². The number of ether oxygens (including phenoxy) is 1. The van der Waals surface area contributed by atoms with Gasteiger partial charge in [-0.25, -0.2) is 4.79 Å². The van der Waals surface area contributed by atoms with Gasteiger partial charge in [-0.2, -0.15) is 0 Å². The normalized spacial score (nSPS) is 23.8. The van der Waals surface area contributed by atoms with E-state index in [-0.39, 0.29) is 12.1 Å². The smallest absolute Gasteiger partial charge is 0.414 e. The topological polar surface area (TPSA) is 29.5 Å². The fourth-order valence-corrected chi connectivity index (χ4v) is 2.70. The molecule has 3 heteroatoms. The van der Waals surface area contributed by atoms with Gasteiger partial charge in [0.1, 0.15) is 6.61 Å². The lowest BCUT2D eigenvalue weighted by atomic mass is 10.0. The van der Waals surface area contributed by atoms with Gasteiger partial charge < -0.3 is 4.74 Å². The van der Waals surface area contributed by atoms with Crippen LogP contribution >= 0.6 is 0 Å². The molecular weight excluding hydrogens is 226 g/mol. The molecule has 0 spiro atoms. The van der Waals surface area contributed by atoms with Crippen molar-refractivity contribution in [3.05, 3.63) is 47.7 Å². The van der Waals surface area contributed by atoms with Gasteiger partial charge in [0.05, 0.1) is 6.04 Å². The highest BCUT2D eigenvalue weighted by molar-refractivity contribution is 5.73. The summed E-state index contributed by atoms with van der Waals surface area (Å²) < 4.78 is 5.23. The minimum absolute atomic E-state index is 0.0445. The van der Waals surface area contributed by atoms with Gasteiger partial charge >= 0.3 is 6.09 Å². The molecule has 1 atom stereocenters. The summed E-state index contributed by atoms with van der Waals surface area (Å²) in [6.07, 6.45) is 6.43. The van der Waals surface area contributed by atoms with Gasteiger partial charge in [-0.3, -0.25) is 4.90 Å². The van der Waals surface area contributed by atoms with E-state index in [4.69, 9.17) is 4.74 Å². The maximum absolute atomic E-state index is 11.9. The van der Waals surface area contributed by atoms with Gasteiger partial charge in [0, 0.05) is 5.70 Å². The van der Waals surface area contributed by atoms with E-state index in [0.717, 1.165) is 30.5 Å². The lowest BCUT2D eigenvalue weighted by Crippen LogP contribution is -2.27. The van der Waals surface area contributed by atoms with E-state index in [1.165, 1.54) is 6.42 Å². The number of cyclic esters (lactones) is 1. The third-order valence-corrected chi connectivity index (χ3v) is 3.63. The van der Waals surface area contributed by atoms with Crippen molar-refractivity contribution in [1.82, 2.24) is 4.90 Å². The molecule has 1 aromatic carbocycles. The SMILES string of the molecule is O=C1OC[C@@H](c2ccccc2)N1C1=CCCCC1. The molecule has 18 heavy (non-hydrogen) atoms. The van der Waals surface area contributed by atoms with Crippen molar-refractivity contribution in [1.29, 1.82) is 0 Å². The molecule has 3 nitrogen and oxygen atoms in total. The van der Waals surface area contributed by atoms with Crippen LogP contribution in [0.25, 0.3) is 0 Å². The van der Waals surface area contributed by atoms with Crippen molar-refractivity contribution in [2.45, 2.75) is 31.7 Å². The number of hydrogen-bond donors (Lipinski definition) is 0. The summed E-state index contributed by atoms with van der Waals surface area (Å²) in [4.78, 5) is 13.8. The molecule has 0 unspecified atom stereocenters. The maximum atomic E-state index is 11.9. The molecule has 1 aliphatic carbocycles. The summed E-state index contributed by atoms with van der Waals surface area (Å²) in [5.74, 6) is 0. The summed E-state index contributed by atoms with van der Waals surface area (Å²) in [7, 11) is 0. The average molecular weight is 243 g/mol. The summed E-state index contributed by atoms with van der Waals surface area (Å²) >= 11 is 0. The van der Waals surface area contributed by atoms with Gasteiger partial charge in [0.2, 0.25) is 0 Å². The molecule has 1 aromatic rings. The van der Waals surface area contributed by atoms with Crippen LogP contribution in [0.15, 0.2) is 42.1 Å². The second kappa shape index (κ2) is 4.84. The standard InChI is InChI=1S/C15H17NO2/c17-15-16(13-9-5-2-6-10-13)14(11-18-15)12-7-3-1-4-8-12/h1,3-4,7-9,14H,2,5-6,10-11H2/t14-/m0/s1. The Morgan fingerprint density at radius 3 is 2.72 bits per heavy atom. The van der Waals surface area contributed by atoms with Crippen LogP contribution in [0.5, 0.6) is 0 Å². The Kier molecular flexibility index (Phi) is 3.05. The zero-order valence-corrected chi connectivity index (χ0v) is 10.3. The van der Waals surface area contributed by atoms with Gasteiger partial charge in [-0.1, -0.05) is 36.4 Å². The van der Waals surface area contributed by atoms with E-state index in [2.05, 4.69) is 18.2 Å². The molecule has 0 aromatic heterocycles. The van der Waals surface area contributed by atoms with Crippen molar-refractivity contribution in [3.63, 3.8) is 0 Å². The average Bonchev–Trinajstić information content (AvgIpc) is 2.83. The Bertz CT molecular complexity index is 467. The molecule has 1 fully saturated rings. The Morgan fingerprint density at radius 2 is 2.00 bits per heavy atom. The summed E-state index contributed by atoms with van der Waals surface area (Å²) in [5, 5.41) is 0. The number of hydrogen-bond acceptors (Lipinski definition) is 2. The molecule has 0 radical (unpaired) electrons. The van der Waals surface area contributed by atoms with Crippen LogP contribution in [0.2, 0.25) is 0 Å². The largest absolute Gasteiger partial charge is 0.447 e.